The van der Waals surface area contributed by atoms with E-state index >= 15 is 0 Å². The zero-order valence-electron chi connectivity index (χ0n) is 21.9. The first-order valence-corrected chi connectivity index (χ1v) is 13.8. The van der Waals surface area contributed by atoms with E-state index < -0.39 is 6.04 Å². The molecule has 0 aliphatic carbocycles. The highest BCUT2D eigenvalue weighted by molar-refractivity contribution is 5.84. The maximum atomic E-state index is 12.4. The molecule has 0 saturated carbocycles. The van der Waals surface area contributed by atoms with Crippen LogP contribution in [0, 0.1) is 0 Å². The van der Waals surface area contributed by atoms with Crippen LogP contribution in [0.4, 0.5) is 0 Å². The van der Waals surface area contributed by atoms with Crippen molar-refractivity contribution in [1.29, 1.82) is 0 Å². The Morgan fingerprint density at radius 2 is 1.41 bits per heavy atom. The van der Waals surface area contributed by atoms with Crippen molar-refractivity contribution in [2.24, 2.45) is 0 Å². The van der Waals surface area contributed by atoms with Crippen LogP contribution >= 0.6 is 0 Å². The lowest BCUT2D eigenvalue weighted by atomic mass is 10.0. The minimum Gasteiger partial charge on any atom is -0.464 e. The van der Waals surface area contributed by atoms with Gasteiger partial charge in [-0.2, -0.15) is 0 Å². The van der Waals surface area contributed by atoms with Crippen molar-refractivity contribution < 1.29 is 14.3 Å². The quantitative estimate of drug-likeness (QED) is 0.113. The Kier molecular flexibility index (Phi) is 18.9. The third-order valence-electron chi connectivity index (χ3n) is 6.14. The molecule has 1 N–H and O–H groups in total. The zero-order valence-corrected chi connectivity index (χ0v) is 21.9. The number of unbranched alkanes of at least 4 members (excludes halogenated alkanes) is 11. The van der Waals surface area contributed by atoms with E-state index in [1.54, 1.807) is 6.92 Å². The van der Waals surface area contributed by atoms with Gasteiger partial charge >= 0.3 is 5.97 Å². The molecule has 0 aliphatic heterocycles. The summed E-state index contributed by atoms with van der Waals surface area (Å²) in [5.41, 5.74) is 1.16. The molecule has 0 radical (unpaired) electrons. The Morgan fingerprint density at radius 3 is 2.03 bits per heavy atom. The molecule has 4 heteroatoms. The van der Waals surface area contributed by atoms with Crippen LogP contribution in [0.1, 0.15) is 116 Å². The van der Waals surface area contributed by atoms with Crippen LogP contribution in [0.25, 0.3) is 0 Å². The number of allylic oxidation sites excluding steroid dienone is 2. The van der Waals surface area contributed by atoms with Crippen molar-refractivity contribution >= 4 is 11.9 Å². The summed E-state index contributed by atoms with van der Waals surface area (Å²) in [5.74, 6) is -0.389. The van der Waals surface area contributed by atoms with Gasteiger partial charge in [0.1, 0.15) is 6.04 Å². The van der Waals surface area contributed by atoms with E-state index in [0.717, 1.165) is 31.2 Å². The highest BCUT2D eigenvalue weighted by atomic mass is 16.5. The molecule has 0 aliphatic rings. The lowest BCUT2D eigenvalue weighted by Crippen LogP contribution is -2.42. The van der Waals surface area contributed by atoms with Gasteiger partial charge in [0.05, 0.1) is 6.61 Å². The standard InChI is InChI=1S/C30H49NO3/c1-3-5-6-7-8-9-10-11-12-13-14-15-16-17-21-24-29(32)31-28(30(33)34-4-2)26-25-27-22-19-18-20-23-27/h11-12,18-20,22-23,28H,3-10,13-17,21,24-26H2,1-2H3,(H,31,32)/b12-11-/t28-/m0/s1. The molecule has 0 spiro atoms. The number of benzene rings is 1. The second-order valence-corrected chi connectivity index (χ2v) is 9.23. The SMILES string of the molecule is CCCCCCCC/C=C\CCCCCCCC(=O)N[C@@H](CCc1ccccc1)C(=O)OCC. The van der Waals surface area contributed by atoms with Crippen LogP contribution in [-0.2, 0) is 20.7 Å². The number of amides is 1. The number of rotatable bonds is 21. The average Bonchev–Trinajstić information content (AvgIpc) is 2.85. The predicted octanol–water partition coefficient (Wildman–Crippen LogP) is 7.70. The molecular weight excluding hydrogens is 422 g/mol. The van der Waals surface area contributed by atoms with Gasteiger partial charge in [-0.25, -0.2) is 4.79 Å². The van der Waals surface area contributed by atoms with Crippen LogP contribution in [0.5, 0.6) is 0 Å². The average molecular weight is 472 g/mol. The second-order valence-electron chi connectivity index (χ2n) is 9.23. The molecule has 192 valence electrons. The fourth-order valence-electron chi connectivity index (χ4n) is 4.07. The van der Waals surface area contributed by atoms with Crippen molar-refractivity contribution in [3.8, 4) is 0 Å². The third-order valence-corrected chi connectivity index (χ3v) is 6.14. The maximum Gasteiger partial charge on any atom is 0.328 e. The number of carbonyl (C=O) groups excluding carboxylic acids is 2. The molecule has 34 heavy (non-hydrogen) atoms. The second kappa shape index (κ2) is 21.4. The number of carbonyl (C=O) groups is 2. The van der Waals surface area contributed by atoms with Crippen molar-refractivity contribution in [3.63, 3.8) is 0 Å². The van der Waals surface area contributed by atoms with E-state index in [0.29, 0.717) is 19.4 Å². The smallest absolute Gasteiger partial charge is 0.328 e. The summed E-state index contributed by atoms with van der Waals surface area (Å²) in [4.78, 5) is 24.6. The fraction of sp³-hybridized carbons (Fsp3) is 0.667. The van der Waals surface area contributed by atoms with E-state index in [1.165, 1.54) is 64.2 Å². The Morgan fingerprint density at radius 1 is 0.824 bits per heavy atom. The van der Waals surface area contributed by atoms with E-state index in [4.69, 9.17) is 4.74 Å². The van der Waals surface area contributed by atoms with Gasteiger partial charge in [0.2, 0.25) is 5.91 Å². The van der Waals surface area contributed by atoms with Crippen molar-refractivity contribution in [2.45, 2.75) is 123 Å². The summed E-state index contributed by atoms with van der Waals surface area (Å²) in [6.45, 7) is 4.38. The molecule has 1 atom stereocenters. The van der Waals surface area contributed by atoms with Crippen LogP contribution in [-0.4, -0.2) is 24.5 Å². The van der Waals surface area contributed by atoms with Gasteiger partial charge in [0.15, 0.2) is 0 Å². The van der Waals surface area contributed by atoms with Gasteiger partial charge in [-0.15, -0.1) is 0 Å². The summed E-state index contributed by atoms with van der Waals surface area (Å²) in [6, 6.07) is 9.45. The van der Waals surface area contributed by atoms with E-state index in [9.17, 15) is 9.59 Å². The van der Waals surface area contributed by atoms with Crippen LogP contribution in [0.3, 0.4) is 0 Å². The lowest BCUT2D eigenvalue weighted by molar-refractivity contribution is -0.147. The van der Waals surface area contributed by atoms with E-state index in [2.05, 4.69) is 24.4 Å². The van der Waals surface area contributed by atoms with Crippen molar-refractivity contribution in [3.05, 3.63) is 48.0 Å². The first-order chi connectivity index (χ1) is 16.7. The fourth-order valence-corrected chi connectivity index (χ4v) is 4.07. The Balaban J connectivity index is 2.09. The molecule has 1 aromatic rings. The Bertz CT molecular complexity index is 656. The number of hydrogen-bond donors (Lipinski definition) is 1. The number of ether oxygens (including phenoxy) is 1. The van der Waals surface area contributed by atoms with Gasteiger partial charge in [-0.3, -0.25) is 4.79 Å². The lowest BCUT2D eigenvalue weighted by Gasteiger charge is -2.17. The van der Waals surface area contributed by atoms with Crippen molar-refractivity contribution in [2.75, 3.05) is 6.61 Å². The summed E-state index contributed by atoms with van der Waals surface area (Å²) in [6.07, 6.45) is 22.5. The molecular formula is C30H49NO3. The Hall–Kier alpha value is -2.10. The van der Waals surface area contributed by atoms with Gasteiger partial charge in [-0.1, -0.05) is 101 Å². The molecule has 4 nitrogen and oxygen atoms in total. The minimum atomic E-state index is -0.573. The zero-order chi connectivity index (χ0) is 24.7. The normalized spacial score (nSPS) is 12.1. The first-order valence-electron chi connectivity index (χ1n) is 13.8. The molecule has 1 amide bonds. The van der Waals surface area contributed by atoms with E-state index in [-0.39, 0.29) is 11.9 Å². The summed E-state index contributed by atoms with van der Waals surface area (Å²) in [7, 11) is 0. The van der Waals surface area contributed by atoms with Gasteiger partial charge in [0.25, 0.3) is 0 Å². The monoisotopic (exact) mass is 471 g/mol. The summed E-state index contributed by atoms with van der Waals surface area (Å²) >= 11 is 0. The van der Waals surface area contributed by atoms with Crippen LogP contribution < -0.4 is 5.32 Å². The number of aryl methyl sites for hydroxylation is 1. The van der Waals surface area contributed by atoms with Crippen LogP contribution in [0.2, 0.25) is 0 Å². The number of nitrogens with one attached hydrogen (secondary N) is 1. The molecule has 0 saturated heterocycles. The van der Waals surface area contributed by atoms with Gasteiger partial charge < -0.3 is 10.1 Å². The molecule has 0 fully saturated rings. The third kappa shape index (κ3) is 16.5. The van der Waals surface area contributed by atoms with E-state index in [1.807, 2.05) is 30.3 Å². The maximum absolute atomic E-state index is 12.4. The molecule has 0 aromatic heterocycles. The molecule has 0 bridgehead atoms. The highest BCUT2D eigenvalue weighted by Gasteiger charge is 2.21. The number of esters is 1. The predicted molar refractivity (Wildman–Crippen MR) is 143 cm³/mol. The largest absolute Gasteiger partial charge is 0.464 e. The topological polar surface area (TPSA) is 55.4 Å². The molecule has 1 aromatic carbocycles. The van der Waals surface area contributed by atoms with Gasteiger partial charge in [-0.05, 0) is 57.4 Å². The van der Waals surface area contributed by atoms with Gasteiger partial charge in [0, 0.05) is 6.42 Å². The minimum absolute atomic E-state index is 0.0521. The summed E-state index contributed by atoms with van der Waals surface area (Å²) in [5, 5.41) is 2.90. The summed E-state index contributed by atoms with van der Waals surface area (Å²) < 4.78 is 5.17. The molecule has 0 unspecified atom stereocenters. The molecule has 0 heterocycles. The number of hydrogen-bond acceptors (Lipinski definition) is 3. The highest BCUT2D eigenvalue weighted by Crippen LogP contribution is 2.11. The Labute approximate surface area is 208 Å². The van der Waals surface area contributed by atoms with Crippen molar-refractivity contribution in [1.82, 2.24) is 5.32 Å². The first kappa shape index (κ1) is 29.9. The molecule has 1 rings (SSSR count). The van der Waals surface area contributed by atoms with Crippen LogP contribution in [0.15, 0.2) is 42.5 Å².